The van der Waals surface area contributed by atoms with Gasteiger partial charge in [0.25, 0.3) is 11.6 Å². The minimum Gasteiger partial charge on any atom is -0.395 e. The zero-order valence-corrected chi connectivity index (χ0v) is 11.7. The van der Waals surface area contributed by atoms with Crippen molar-refractivity contribution in [2.24, 2.45) is 0 Å². The smallest absolute Gasteiger partial charge is 0.284 e. The highest BCUT2D eigenvalue weighted by Crippen LogP contribution is 2.32. The van der Waals surface area contributed by atoms with Crippen LogP contribution in [0.15, 0.2) is 22.7 Å². The molecule has 1 aliphatic carbocycles. The van der Waals surface area contributed by atoms with Gasteiger partial charge in [-0.3, -0.25) is 14.9 Å². The third kappa shape index (κ3) is 2.93. The number of nitro groups is 1. The molecule has 0 bridgehead atoms. The Kier molecular flexibility index (Phi) is 4.16. The largest absolute Gasteiger partial charge is 0.395 e. The topological polar surface area (TPSA) is 83.7 Å². The highest BCUT2D eigenvalue weighted by atomic mass is 79.9. The van der Waals surface area contributed by atoms with E-state index in [0.29, 0.717) is 0 Å². The zero-order chi connectivity index (χ0) is 14.0. The Morgan fingerprint density at radius 2 is 2.21 bits per heavy atom. The lowest BCUT2D eigenvalue weighted by Crippen LogP contribution is -2.35. The van der Waals surface area contributed by atoms with Gasteiger partial charge in [0, 0.05) is 18.7 Å². The summed E-state index contributed by atoms with van der Waals surface area (Å²) in [4.78, 5) is 24.3. The van der Waals surface area contributed by atoms with Gasteiger partial charge in [-0.15, -0.1) is 0 Å². The summed E-state index contributed by atoms with van der Waals surface area (Å²) in [6, 6.07) is 4.52. The van der Waals surface area contributed by atoms with E-state index in [2.05, 4.69) is 15.9 Å². The average molecular weight is 329 g/mol. The zero-order valence-electron chi connectivity index (χ0n) is 10.1. The Balaban J connectivity index is 2.32. The molecule has 1 fully saturated rings. The Morgan fingerprint density at radius 3 is 2.74 bits per heavy atom. The standard InChI is InChI=1S/C12H13BrN2O4/c13-11-9(2-1-3-10(11)15(18)19)12(17)14(6-7-16)8-4-5-8/h1-3,8,16H,4-7H2. The number of rotatable bonds is 5. The molecule has 0 aromatic heterocycles. The number of nitrogens with zero attached hydrogens (tertiary/aromatic N) is 2. The number of aliphatic hydroxyl groups excluding tert-OH is 1. The Morgan fingerprint density at radius 1 is 1.53 bits per heavy atom. The molecule has 0 atom stereocenters. The van der Waals surface area contributed by atoms with Gasteiger partial charge >= 0.3 is 0 Å². The Bertz CT molecular complexity index is 516. The lowest BCUT2D eigenvalue weighted by atomic mass is 10.1. The van der Waals surface area contributed by atoms with Gasteiger partial charge in [0.05, 0.1) is 17.1 Å². The van der Waals surface area contributed by atoms with Crippen molar-refractivity contribution in [3.8, 4) is 0 Å². The fraction of sp³-hybridized carbons (Fsp3) is 0.417. The van der Waals surface area contributed by atoms with E-state index in [4.69, 9.17) is 5.11 Å². The normalized spacial score (nSPS) is 14.2. The minimum absolute atomic E-state index is 0.116. The summed E-state index contributed by atoms with van der Waals surface area (Å²) >= 11 is 3.12. The highest BCUT2D eigenvalue weighted by molar-refractivity contribution is 9.10. The molecule has 0 heterocycles. The number of hydrogen-bond donors (Lipinski definition) is 1. The molecule has 0 unspecified atom stereocenters. The number of hydrogen-bond acceptors (Lipinski definition) is 4. The van der Waals surface area contributed by atoms with Gasteiger partial charge in [-0.1, -0.05) is 6.07 Å². The molecule has 6 nitrogen and oxygen atoms in total. The fourth-order valence-corrected chi connectivity index (χ4v) is 2.50. The van der Waals surface area contributed by atoms with Crippen molar-refractivity contribution in [2.45, 2.75) is 18.9 Å². The molecule has 1 N–H and O–H groups in total. The predicted octanol–water partition coefficient (Wildman–Crippen LogP) is 1.95. The molecule has 2 rings (SSSR count). The molecule has 1 aliphatic rings. The van der Waals surface area contributed by atoms with E-state index in [-0.39, 0.29) is 40.8 Å². The summed E-state index contributed by atoms with van der Waals surface area (Å²) < 4.78 is 0.189. The van der Waals surface area contributed by atoms with Crippen molar-refractivity contribution in [1.29, 1.82) is 0 Å². The molecular formula is C12H13BrN2O4. The summed E-state index contributed by atoms with van der Waals surface area (Å²) in [5, 5.41) is 19.9. The van der Waals surface area contributed by atoms with Crippen molar-refractivity contribution in [2.75, 3.05) is 13.2 Å². The van der Waals surface area contributed by atoms with E-state index < -0.39 is 4.92 Å². The van der Waals surface area contributed by atoms with E-state index in [9.17, 15) is 14.9 Å². The van der Waals surface area contributed by atoms with Crippen LogP contribution in [0.3, 0.4) is 0 Å². The SMILES string of the molecule is O=C(c1cccc([N+](=O)[O-])c1Br)N(CCO)C1CC1. The molecule has 0 aliphatic heterocycles. The number of aliphatic hydroxyl groups is 1. The van der Waals surface area contributed by atoms with Crippen molar-refractivity contribution in [1.82, 2.24) is 4.90 Å². The third-order valence-electron chi connectivity index (χ3n) is 2.99. The molecule has 0 spiro atoms. The lowest BCUT2D eigenvalue weighted by Gasteiger charge is -2.21. The first-order chi connectivity index (χ1) is 9.06. The Hall–Kier alpha value is -1.47. The maximum Gasteiger partial charge on any atom is 0.284 e. The minimum atomic E-state index is -0.533. The van der Waals surface area contributed by atoms with Gasteiger partial charge in [0.1, 0.15) is 4.47 Å². The summed E-state index contributed by atoms with van der Waals surface area (Å²) in [6.45, 7) is 0.132. The maximum atomic E-state index is 12.4. The van der Waals surface area contributed by atoms with Gasteiger partial charge < -0.3 is 10.0 Å². The van der Waals surface area contributed by atoms with Crippen molar-refractivity contribution in [3.05, 3.63) is 38.3 Å². The van der Waals surface area contributed by atoms with Gasteiger partial charge in [0.15, 0.2) is 0 Å². The second-order valence-electron chi connectivity index (χ2n) is 4.35. The first-order valence-electron chi connectivity index (χ1n) is 5.91. The van der Waals surface area contributed by atoms with E-state index in [1.165, 1.54) is 12.1 Å². The van der Waals surface area contributed by atoms with Crippen LogP contribution in [0.1, 0.15) is 23.2 Å². The molecule has 19 heavy (non-hydrogen) atoms. The number of amides is 1. The first kappa shape index (κ1) is 14.0. The van der Waals surface area contributed by atoms with Crippen molar-refractivity contribution in [3.63, 3.8) is 0 Å². The van der Waals surface area contributed by atoms with E-state index in [1.54, 1.807) is 11.0 Å². The molecule has 102 valence electrons. The van der Waals surface area contributed by atoms with Crippen LogP contribution in [0.25, 0.3) is 0 Å². The fourth-order valence-electron chi connectivity index (χ4n) is 1.92. The monoisotopic (exact) mass is 328 g/mol. The molecule has 1 saturated carbocycles. The summed E-state index contributed by atoms with van der Waals surface area (Å²) in [5.74, 6) is -0.285. The average Bonchev–Trinajstić information content (AvgIpc) is 3.19. The number of benzene rings is 1. The van der Waals surface area contributed by atoms with Gasteiger partial charge in [-0.2, -0.15) is 0 Å². The van der Waals surface area contributed by atoms with E-state index in [0.717, 1.165) is 12.8 Å². The lowest BCUT2D eigenvalue weighted by molar-refractivity contribution is -0.385. The van der Waals surface area contributed by atoms with Crippen LogP contribution in [0, 0.1) is 10.1 Å². The van der Waals surface area contributed by atoms with Gasteiger partial charge in [-0.25, -0.2) is 0 Å². The number of carbonyl (C=O) groups excluding carboxylic acids is 1. The molecule has 0 radical (unpaired) electrons. The molecular weight excluding hydrogens is 316 g/mol. The summed E-state index contributed by atoms with van der Waals surface area (Å²) in [6.07, 6.45) is 1.83. The second-order valence-corrected chi connectivity index (χ2v) is 5.14. The molecule has 0 saturated heterocycles. The van der Waals surface area contributed by atoms with E-state index >= 15 is 0 Å². The van der Waals surface area contributed by atoms with Gasteiger partial charge in [-0.05, 0) is 34.8 Å². The number of carbonyl (C=O) groups is 1. The highest BCUT2D eigenvalue weighted by Gasteiger charge is 2.34. The van der Waals surface area contributed by atoms with E-state index in [1.807, 2.05) is 0 Å². The second kappa shape index (κ2) is 5.66. The van der Waals surface area contributed by atoms with Gasteiger partial charge in [0.2, 0.25) is 0 Å². The third-order valence-corrected chi connectivity index (χ3v) is 3.83. The van der Waals surface area contributed by atoms with Crippen LogP contribution in [0.5, 0.6) is 0 Å². The summed E-state index contributed by atoms with van der Waals surface area (Å²) in [5.41, 5.74) is 0.125. The maximum absolute atomic E-state index is 12.4. The number of nitro benzene ring substituents is 1. The van der Waals surface area contributed by atoms with Crippen LogP contribution < -0.4 is 0 Å². The van der Waals surface area contributed by atoms with Crippen LogP contribution in [0.4, 0.5) is 5.69 Å². The Labute approximate surface area is 118 Å². The first-order valence-corrected chi connectivity index (χ1v) is 6.70. The van der Waals surface area contributed by atoms with Crippen LogP contribution in [-0.4, -0.2) is 40.0 Å². The molecule has 1 aromatic carbocycles. The van der Waals surface area contributed by atoms with Crippen LogP contribution in [-0.2, 0) is 0 Å². The van der Waals surface area contributed by atoms with Crippen molar-refractivity contribution < 1.29 is 14.8 Å². The van der Waals surface area contributed by atoms with Crippen molar-refractivity contribution >= 4 is 27.5 Å². The quantitative estimate of drug-likeness (QED) is 0.661. The van der Waals surface area contributed by atoms with Crippen LogP contribution in [0.2, 0.25) is 0 Å². The molecule has 7 heteroatoms. The molecule has 1 aromatic rings. The number of halogens is 1. The summed E-state index contributed by atoms with van der Waals surface area (Å²) in [7, 11) is 0. The van der Waals surface area contributed by atoms with Crippen LogP contribution >= 0.6 is 15.9 Å². The molecule has 1 amide bonds. The predicted molar refractivity (Wildman–Crippen MR) is 71.9 cm³/mol.